The first-order chi connectivity index (χ1) is 5.81. The molecule has 0 aromatic heterocycles. The third kappa shape index (κ3) is 1.42. The minimum atomic E-state index is -0.357. The highest BCUT2D eigenvalue weighted by atomic mass is 16.3. The van der Waals surface area contributed by atoms with Gasteiger partial charge in [0.1, 0.15) is 0 Å². The Hall–Kier alpha value is -0.300. The van der Waals surface area contributed by atoms with Crippen molar-refractivity contribution in [1.29, 1.82) is 0 Å². The highest BCUT2D eigenvalue weighted by molar-refractivity contribution is 5.20. The zero-order valence-corrected chi connectivity index (χ0v) is 7.68. The van der Waals surface area contributed by atoms with Crippen LogP contribution in [-0.4, -0.2) is 10.7 Å². The first-order valence-corrected chi connectivity index (χ1v) is 5.23. The highest BCUT2D eigenvalue weighted by Gasteiger charge is 2.37. The smallest absolute Gasteiger partial charge is 0.0856 e. The lowest BCUT2D eigenvalue weighted by atomic mass is 9.73. The second kappa shape index (κ2) is 3.21. The summed E-state index contributed by atoms with van der Waals surface area (Å²) < 4.78 is 0. The molecule has 1 nitrogen and oxygen atoms in total. The number of allylic oxidation sites excluding steroid dienone is 1. The summed E-state index contributed by atoms with van der Waals surface area (Å²) in [5.74, 6) is 0. The second-order valence-electron chi connectivity index (χ2n) is 4.21. The molecular weight excluding hydrogens is 148 g/mol. The van der Waals surface area contributed by atoms with Gasteiger partial charge in [-0.2, -0.15) is 0 Å². The molecule has 1 fully saturated rings. The largest absolute Gasteiger partial charge is 0.386 e. The van der Waals surface area contributed by atoms with E-state index in [4.69, 9.17) is 0 Å². The van der Waals surface area contributed by atoms with Gasteiger partial charge in [-0.3, -0.25) is 0 Å². The predicted molar refractivity (Wildman–Crippen MR) is 50.0 cm³/mol. The van der Waals surface area contributed by atoms with Gasteiger partial charge in [0.2, 0.25) is 0 Å². The first-order valence-electron chi connectivity index (χ1n) is 5.23. The molecular formula is C11H18O. The summed E-state index contributed by atoms with van der Waals surface area (Å²) in [5, 5.41) is 10.1. The van der Waals surface area contributed by atoms with Crippen LogP contribution in [-0.2, 0) is 0 Å². The van der Waals surface area contributed by atoms with E-state index in [0.717, 1.165) is 19.3 Å². The second-order valence-corrected chi connectivity index (χ2v) is 4.21. The summed E-state index contributed by atoms with van der Waals surface area (Å²) in [5.41, 5.74) is 0.996. The van der Waals surface area contributed by atoms with E-state index in [-0.39, 0.29) is 5.60 Å². The van der Waals surface area contributed by atoms with Crippen molar-refractivity contribution in [2.24, 2.45) is 0 Å². The maximum atomic E-state index is 10.1. The van der Waals surface area contributed by atoms with Gasteiger partial charge >= 0.3 is 0 Å². The molecule has 0 atom stereocenters. The van der Waals surface area contributed by atoms with Gasteiger partial charge in [0.15, 0.2) is 0 Å². The molecule has 2 rings (SSSR count). The van der Waals surface area contributed by atoms with Crippen LogP contribution in [0.15, 0.2) is 11.6 Å². The fraction of sp³-hybridized carbons (Fsp3) is 0.818. The van der Waals surface area contributed by atoms with Crippen LogP contribution in [0.5, 0.6) is 0 Å². The molecule has 0 spiro atoms. The molecule has 0 heterocycles. The Bertz CT molecular complexity index is 189. The van der Waals surface area contributed by atoms with Gasteiger partial charge in [-0.25, -0.2) is 0 Å². The normalized spacial score (nSPS) is 28.6. The molecule has 2 aliphatic rings. The van der Waals surface area contributed by atoms with E-state index in [1.54, 1.807) is 0 Å². The van der Waals surface area contributed by atoms with Gasteiger partial charge < -0.3 is 5.11 Å². The number of hydrogen-bond donors (Lipinski definition) is 1. The highest BCUT2D eigenvalue weighted by Crippen LogP contribution is 2.41. The summed E-state index contributed by atoms with van der Waals surface area (Å²) in [6.45, 7) is 0. The fourth-order valence-electron chi connectivity index (χ4n) is 2.27. The maximum Gasteiger partial charge on any atom is 0.0856 e. The molecule has 0 unspecified atom stereocenters. The van der Waals surface area contributed by atoms with Crippen molar-refractivity contribution in [3.63, 3.8) is 0 Å². The Morgan fingerprint density at radius 1 is 1.08 bits per heavy atom. The van der Waals surface area contributed by atoms with E-state index in [0.29, 0.717) is 0 Å². The van der Waals surface area contributed by atoms with Gasteiger partial charge in [0.05, 0.1) is 5.60 Å². The Morgan fingerprint density at radius 3 is 2.58 bits per heavy atom. The minimum Gasteiger partial charge on any atom is -0.386 e. The van der Waals surface area contributed by atoms with E-state index < -0.39 is 0 Å². The molecule has 0 aliphatic heterocycles. The Balaban J connectivity index is 2.04. The lowest BCUT2D eigenvalue weighted by Crippen LogP contribution is -2.38. The first kappa shape index (κ1) is 8.31. The van der Waals surface area contributed by atoms with Crippen molar-refractivity contribution in [1.82, 2.24) is 0 Å². The zero-order valence-electron chi connectivity index (χ0n) is 7.68. The molecule has 1 N–H and O–H groups in total. The molecule has 0 bridgehead atoms. The summed E-state index contributed by atoms with van der Waals surface area (Å²) in [4.78, 5) is 0. The van der Waals surface area contributed by atoms with Crippen LogP contribution >= 0.6 is 0 Å². The predicted octanol–water partition coefficient (Wildman–Crippen LogP) is 2.79. The van der Waals surface area contributed by atoms with Crippen LogP contribution < -0.4 is 0 Å². The van der Waals surface area contributed by atoms with Gasteiger partial charge in [0.25, 0.3) is 0 Å². The Kier molecular flexibility index (Phi) is 2.22. The quantitative estimate of drug-likeness (QED) is 0.594. The molecule has 0 saturated heterocycles. The van der Waals surface area contributed by atoms with E-state index in [1.165, 1.54) is 37.7 Å². The molecule has 0 radical (unpaired) electrons. The van der Waals surface area contributed by atoms with Crippen LogP contribution in [0.2, 0.25) is 0 Å². The molecule has 0 aromatic carbocycles. The number of hydrogen-bond acceptors (Lipinski definition) is 1. The molecule has 0 amide bonds. The monoisotopic (exact) mass is 166 g/mol. The van der Waals surface area contributed by atoms with Crippen molar-refractivity contribution in [2.75, 3.05) is 0 Å². The molecule has 2 aliphatic carbocycles. The lowest BCUT2D eigenvalue weighted by molar-refractivity contribution is -0.000546. The van der Waals surface area contributed by atoms with Crippen molar-refractivity contribution in [3.8, 4) is 0 Å². The van der Waals surface area contributed by atoms with Crippen LogP contribution in [0.1, 0.15) is 51.4 Å². The Labute approximate surface area is 74.5 Å². The summed E-state index contributed by atoms with van der Waals surface area (Å²) >= 11 is 0. The molecule has 68 valence electrons. The third-order valence-electron chi connectivity index (χ3n) is 3.32. The molecule has 12 heavy (non-hydrogen) atoms. The molecule has 0 aromatic rings. The van der Waals surface area contributed by atoms with Crippen molar-refractivity contribution in [3.05, 3.63) is 11.6 Å². The van der Waals surface area contributed by atoms with Gasteiger partial charge in [-0.15, -0.1) is 0 Å². The van der Waals surface area contributed by atoms with E-state index in [9.17, 15) is 5.11 Å². The van der Waals surface area contributed by atoms with Gasteiger partial charge in [-0.05, 0) is 50.5 Å². The molecule has 1 saturated carbocycles. The number of aliphatic hydroxyl groups is 1. The van der Waals surface area contributed by atoms with Gasteiger partial charge in [0, 0.05) is 0 Å². The van der Waals surface area contributed by atoms with Crippen LogP contribution in [0.25, 0.3) is 0 Å². The third-order valence-corrected chi connectivity index (χ3v) is 3.32. The zero-order chi connectivity index (χ0) is 8.44. The molecule has 1 heteroatoms. The fourth-order valence-corrected chi connectivity index (χ4v) is 2.27. The van der Waals surface area contributed by atoms with Gasteiger partial charge in [-0.1, -0.05) is 12.5 Å². The number of rotatable bonds is 1. The van der Waals surface area contributed by atoms with Crippen LogP contribution in [0, 0.1) is 0 Å². The summed E-state index contributed by atoms with van der Waals surface area (Å²) in [6, 6.07) is 0. The maximum absolute atomic E-state index is 10.1. The lowest BCUT2D eigenvalue weighted by Gasteiger charge is -2.39. The van der Waals surface area contributed by atoms with Crippen LogP contribution in [0.3, 0.4) is 0 Å². The summed E-state index contributed by atoms with van der Waals surface area (Å²) in [7, 11) is 0. The van der Waals surface area contributed by atoms with E-state index >= 15 is 0 Å². The van der Waals surface area contributed by atoms with Crippen molar-refractivity contribution < 1.29 is 5.11 Å². The average molecular weight is 166 g/mol. The SMILES string of the molecule is OC1(C2=CCCCCC2)CCC1. The van der Waals surface area contributed by atoms with E-state index in [1.807, 2.05) is 0 Å². The van der Waals surface area contributed by atoms with Crippen molar-refractivity contribution in [2.45, 2.75) is 57.0 Å². The van der Waals surface area contributed by atoms with Crippen molar-refractivity contribution >= 4 is 0 Å². The standard InChI is InChI=1S/C11H18O/c12-11(8-5-9-11)10-6-3-1-2-4-7-10/h6,12H,1-5,7-9H2. The van der Waals surface area contributed by atoms with E-state index in [2.05, 4.69) is 6.08 Å². The van der Waals surface area contributed by atoms with Crippen LogP contribution in [0.4, 0.5) is 0 Å². The average Bonchev–Trinajstić information content (AvgIpc) is 2.27. The summed E-state index contributed by atoms with van der Waals surface area (Å²) in [6.07, 6.45) is 11.8. The minimum absolute atomic E-state index is 0.357. The Morgan fingerprint density at radius 2 is 1.92 bits per heavy atom. The topological polar surface area (TPSA) is 20.2 Å².